The minimum absolute atomic E-state index is 0.109. The number of carbonyl (C=O) groups is 1. The van der Waals surface area contributed by atoms with Crippen LogP contribution in [-0.4, -0.2) is 29.7 Å². The van der Waals surface area contributed by atoms with Gasteiger partial charge < -0.3 is 14.8 Å². The van der Waals surface area contributed by atoms with Crippen LogP contribution in [0.5, 0.6) is 11.5 Å². The number of carbonyl (C=O) groups excluding carboxylic acids is 1. The Morgan fingerprint density at radius 2 is 1.89 bits per heavy atom. The average molecular weight is 379 g/mol. The Labute approximate surface area is 162 Å². The number of nitrogens with zero attached hydrogens (tertiary/aromatic N) is 2. The number of aromatic nitrogens is 2. The van der Waals surface area contributed by atoms with Crippen molar-refractivity contribution in [2.45, 2.75) is 13.1 Å². The fourth-order valence-corrected chi connectivity index (χ4v) is 2.74. The third-order valence-electron chi connectivity index (χ3n) is 4.20. The van der Waals surface area contributed by atoms with E-state index in [1.807, 2.05) is 42.5 Å². The highest BCUT2D eigenvalue weighted by atomic mass is 16.5. The first-order valence-corrected chi connectivity index (χ1v) is 8.70. The van der Waals surface area contributed by atoms with Crippen LogP contribution in [0.25, 0.3) is 11.3 Å². The van der Waals surface area contributed by atoms with Crippen molar-refractivity contribution in [2.75, 3.05) is 14.2 Å². The topological polar surface area (TPSA) is 82.4 Å². The van der Waals surface area contributed by atoms with Crippen molar-refractivity contribution in [3.8, 4) is 22.8 Å². The van der Waals surface area contributed by atoms with Gasteiger partial charge in [-0.25, -0.2) is 4.98 Å². The molecule has 0 aliphatic rings. The van der Waals surface area contributed by atoms with E-state index in [2.05, 4.69) is 10.3 Å². The highest BCUT2D eigenvalue weighted by Crippen LogP contribution is 2.26. The van der Waals surface area contributed by atoms with Crippen molar-refractivity contribution in [2.24, 2.45) is 0 Å². The monoisotopic (exact) mass is 379 g/mol. The molecular weight excluding hydrogens is 358 g/mol. The van der Waals surface area contributed by atoms with Crippen LogP contribution in [-0.2, 0) is 17.9 Å². The van der Waals surface area contributed by atoms with Gasteiger partial charge in [-0.15, -0.1) is 0 Å². The molecule has 0 atom stereocenters. The molecular formula is C21H21N3O4. The van der Waals surface area contributed by atoms with Crippen LogP contribution in [0.2, 0.25) is 0 Å². The molecule has 0 saturated heterocycles. The number of ether oxygens (including phenoxy) is 2. The van der Waals surface area contributed by atoms with Crippen molar-refractivity contribution < 1.29 is 14.3 Å². The van der Waals surface area contributed by atoms with Crippen LogP contribution in [0, 0.1) is 0 Å². The van der Waals surface area contributed by atoms with Crippen molar-refractivity contribution in [3.63, 3.8) is 0 Å². The predicted octanol–water partition coefficient (Wildman–Crippen LogP) is 2.24. The summed E-state index contributed by atoms with van der Waals surface area (Å²) in [5, 5.41) is 2.79. The number of methoxy groups -OCH3 is 2. The molecule has 0 unspecified atom stereocenters. The van der Waals surface area contributed by atoms with Crippen molar-refractivity contribution in [1.29, 1.82) is 0 Å². The van der Waals surface area contributed by atoms with Crippen LogP contribution < -0.4 is 20.3 Å². The molecule has 0 bridgehead atoms. The standard InChI is InChI=1S/C21H21N3O4/c1-27-16-7-5-6-15(10-16)12-22-20(25)13-24-14-23-18(11-21(24)26)17-8-3-4-9-19(17)28-2/h3-11,14H,12-13H2,1-2H3,(H,22,25). The lowest BCUT2D eigenvalue weighted by Crippen LogP contribution is -2.31. The molecule has 0 aliphatic carbocycles. The first kappa shape index (κ1) is 19.2. The molecule has 28 heavy (non-hydrogen) atoms. The first-order chi connectivity index (χ1) is 13.6. The quantitative estimate of drug-likeness (QED) is 0.681. The average Bonchev–Trinajstić information content (AvgIpc) is 2.73. The van der Waals surface area contributed by atoms with Crippen LogP contribution in [0.3, 0.4) is 0 Å². The van der Waals surface area contributed by atoms with Crippen molar-refractivity contribution >= 4 is 5.91 Å². The largest absolute Gasteiger partial charge is 0.497 e. The smallest absolute Gasteiger partial charge is 0.254 e. The van der Waals surface area contributed by atoms with E-state index in [1.54, 1.807) is 20.3 Å². The van der Waals surface area contributed by atoms with Gasteiger partial charge in [-0.1, -0.05) is 24.3 Å². The van der Waals surface area contributed by atoms with Gasteiger partial charge >= 0.3 is 0 Å². The molecule has 1 N–H and O–H groups in total. The van der Waals surface area contributed by atoms with Gasteiger partial charge in [0.1, 0.15) is 18.0 Å². The van der Waals surface area contributed by atoms with Gasteiger partial charge in [-0.2, -0.15) is 0 Å². The number of para-hydroxylation sites is 1. The van der Waals surface area contributed by atoms with E-state index in [1.165, 1.54) is 17.0 Å². The van der Waals surface area contributed by atoms with E-state index in [9.17, 15) is 9.59 Å². The number of hydrogen-bond donors (Lipinski definition) is 1. The number of benzene rings is 2. The molecule has 144 valence electrons. The summed E-state index contributed by atoms with van der Waals surface area (Å²) in [5.74, 6) is 1.07. The predicted molar refractivity (Wildman–Crippen MR) is 105 cm³/mol. The normalized spacial score (nSPS) is 10.4. The van der Waals surface area contributed by atoms with E-state index >= 15 is 0 Å². The van der Waals surface area contributed by atoms with E-state index in [0.29, 0.717) is 18.0 Å². The van der Waals surface area contributed by atoms with Gasteiger partial charge in [0.15, 0.2) is 0 Å². The minimum Gasteiger partial charge on any atom is -0.497 e. The van der Waals surface area contributed by atoms with Gasteiger partial charge in [0.2, 0.25) is 5.91 Å². The zero-order valence-electron chi connectivity index (χ0n) is 15.7. The van der Waals surface area contributed by atoms with E-state index < -0.39 is 0 Å². The lowest BCUT2D eigenvalue weighted by molar-refractivity contribution is -0.121. The summed E-state index contributed by atoms with van der Waals surface area (Å²) in [5.41, 5.74) is 1.81. The Bertz CT molecular complexity index is 1030. The number of rotatable bonds is 7. The van der Waals surface area contributed by atoms with Crippen LogP contribution >= 0.6 is 0 Å². The Balaban J connectivity index is 1.67. The van der Waals surface area contributed by atoms with Crippen LogP contribution in [0.15, 0.2) is 65.7 Å². The van der Waals surface area contributed by atoms with Gasteiger partial charge in [0.25, 0.3) is 5.56 Å². The van der Waals surface area contributed by atoms with E-state index in [4.69, 9.17) is 9.47 Å². The summed E-state index contributed by atoms with van der Waals surface area (Å²) in [6.07, 6.45) is 1.37. The zero-order chi connectivity index (χ0) is 19.9. The Kier molecular flexibility index (Phi) is 6.06. The molecule has 0 saturated carbocycles. The lowest BCUT2D eigenvalue weighted by atomic mass is 10.1. The molecule has 3 rings (SSSR count). The molecule has 7 heteroatoms. The minimum atomic E-state index is -0.313. The van der Waals surface area contributed by atoms with Crippen molar-refractivity contribution in [3.05, 3.63) is 76.8 Å². The van der Waals surface area contributed by atoms with Gasteiger partial charge in [-0.05, 0) is 29.8 Å². The summed E-state index contributed by atoms with van der Waals surface area (Å²) in [7, 11) is 3.15. The summed E-state index contributed by atoms with van der Waals surface area (Å²) in [4.78, 5) is 28.9. The molecule has 0 fully saturated rings. The van der Waals surface area contributed by atoms with Crippen LogP contribution in [0.1, 0.15) is 5.56 Å². The maximum atomic E-state index is 12.4. The fraction of sp³-hybridized carbons (Fsp3) is 0.190. The molecule has 7 nitrogen and oxygen atoms in total. The summed E-state index contributed by atoms with van der Waals surface area (Å²) in [6, 6.07) is 16.1. The van der Waals surface area contributed by atoms with Gasteiger partial charge in [0, 0.05) is 18.2 Å². The molecule has 2 aromatic carbocycles. The molecule has 1 aromatic heterocycles. The van der Waals surface area contributed by atoms with Gasteiger partial charge in [0.05, 0.1) is 26.2 Å². The van der Waals surface area contributed by atoms with Gasteiger partial charge in [-0.3, -0.25) is 14.2 Å². The second-order valence-electron chi connectivity index (χ2n) is 6.07. The Hall–Kier alpha value is -3.61. The first-order valence-electron chi connectivity index (χ1n) is 8.70. The number of nitrogens with one attached hydrogen (secondary N) is 1. The molecule has 1 amide bonds. The SMILES string of the molecule is COc1cccc(CNC(=O)Cn2cnc(-c3ccccc3OC)cc2=O)c1. The number of hydrogen-bond acceptors (Lipinski definition) is 5. The Morgan fingerprint density at radius 3 is 2.64 bits per heavy atom. The second-order valence-corrected chi connectivity index (χ2v) is 6.07. The number of amides is 1. The van der Waals surface area contributed by atoms with E-state index in [-0.39, 0.29) is 18.0 Å². The molecule has 0 aliphatic heterocycles. The van der Waals surface area contributed by atoms with Crippen LogP contribution in [0.4, 0.5) is 0 Å². The maximum Gasteiger partial charge on any atom is 0.254 e. The third kappa shape index (κ3) is 4.56. The summed E-state index contributed by atoms with van der Waals surface area (Å²) >= 11 is 0. The molecule has 0 radical (unpaired) electrons. The van der Waals surface area contributed by atoms with E-state index in [0.717, 1.165) is 16.9 Å². The second kappa shape index (κ2) is 8.85. The molecule has 3 aromatic rings. The third-order valence-corrected chi connectivity index (χ3v) is 4.20. The fourth-order valence-electron chi connectivity index (χ4n) is 2.74. The maximum absolute atomic E-state index is 12.4. The lowest BCUT2D eigenvalue weighted by Gasteiger charge is -2.10. The molecule has 1 heterocycles. The summed E-state index contributed by atoms with van der Waals surface area (Å²) < 4.78 is 11.7. The van der Waals surface area contributed by atoms with Crippen molar-refractivity contribution in [1.82, 2.24) is 14.9 Å². The summed E-state index contributed by atoms with van der Waals surface area (Å²) in [6.45, 7) is 0.236. The highest BCUT2D eigenvalue weighted by Gasteiger charge is 2.10. The molecule has 0 spiro atoms. The Morgan fingerprint density at radius 1 is 1.07 bits per heavy atom. The highest BCUT2D eigenvalue weighted by molar-refractivity contribution is 5.75. The zero-order valence-corrected chi connectivity index (χ0v) is 15.7.